The molecule has 0 spiro atoms. The zero-order valence-electron chi connectivity index (χ0n) is 17.9. The molecule has 0 aliphatic carbocycles. The van der Waals surface area contributed by atoms with Crippen LogP contribution in [0, 0.1) is 0 Å². The highest BCUT2D eigenvalue weighted by Gasteiger charge is 2.27. The van der Waals surface area contributed by atoms with E-state index in [9.17, 15) is 13.2 Å². The molecule has 0 aliphatic heterocycles. The maximum Gasteiger partial charge on any atom is 0.338 e. The number of rotatable bonds is 11. The van der Waals surface area contributed by atoms with Gasteiger partial charge < -0.3 is 14.2 Å². The van der Waals surface area contributed by atoms with Crippen LogP contribution in [0.15, 0.2) is 47.4 Å². The number of methoxy groups -OCH3 is 1. The molecule has 0 radical (unpaired) electrons. The minimum absolute atomic E-state index is 0.0410. The number of hydrogen-bond acceptors (Lipinski definition) is 6. The predicted molar refractivity (Wildman–Crippen MR) is 115 cm³/mol. The third kappa shape index (κ3) is 5.73. The molecule has 0 bridgehead atoms. The molecule has 8 heteroatoms. The summed E-state index contributed by atoms with van der Waals surface area (Å²) < 4.78 is 43.1. The lowest BCUT2D eigenvalue weighted by Gasteiger charge is -2.20. The van der Waals surface area contributed by atoms with E-state index in [0.29, 0.717) is 18.8 Å². The van der Waals surface area contributed by atoms with Gasteiger partial charge in [0.2, 0.25) is 10.0 Å². The monoisotopic (exact) mass is 435 g/mol. The van der Waals surface area contributed by atoms with Crippen molar-refractivity contribution in [2.75, 3.05) is 33.4 Å². The van der Waals surface area contributed by atoms with E-state index in [4.69, 9.17) is 14.2 Å². The first kappa shape index (κ1) is 23.7. The highest BCUT2D eigenvalue weighted by atomic mass is 32.2. The van der Waals surface area contributed by atoms with Crippen LogP contribution in [0.25, 0.3) is 0 Å². The Morgan fingerprint density at radius 2 is 1.73 bits per heavy atom. The van der Waals surface area contributed by atoms with Crippen molar-refractivity contribution >= 4 is 16.0 Å². The Hall–Kier alpha value is -2.58. The first-order valence-electron chi connectivity index (χ1n) is 9.94. The van der Waals surface area contributed by atoms with Gasteiger partial charge in [0.25, 0.3) is 0 Å². The summed E-state index contributed by atoms with van der Waals surface area (Å²) in [7, 11) is -2.40. The predicted octanol–water partition coefficient (Wildman–Crippen LogP) is 3.52. The molecular formula is C22H29NO6S. The molecule has 2 aromatic rings. The van der Waals surface area contributed by atoms with E-state index in [-0.39, 0.29) is 29.4 Å². The van der Waals surface area contributed by atoms with Gasteiger partial charge in [-0.3, -0.25) is 0 Å². The van der Waals surface area contributed by atoms with E-state index in [1.807, 2.05) is 24.3 Å². The number of hydrogen-bond donors (Lipinski definition) is 0. The average molecular weight is 436 g/mol. The molecule has 30 heavy (non-hydrogen) atoms. The number of carbonyl (C=O) groups is 1. The summed E-state index contributed by atoms with van der Waals surface area (Å²) in [5.41, 5.74) is 1.29. The number of esters is 1. The molecular weight excluding hydrogens is 406 g/mol. The molecule has 0 aliphatic rings. The van der Waals surface area contributed by atoms with Crippen LogP contribution in [0.1, 0.15) is 36.7 Å². The van der Waals surface area contributed by atoms with Crippen LogP contribution >= 0.6 is 0 Å². The fourth-order valence-corrected chi connectivity index (χ4v) is 4.58. The van der Waals surface area contributed by atoms with Gasteiger partial charge in [-0.2, -0.15) is 4.31 Å². The Morgan fingerprint density at radius 1 is 1.00 bits per heavy atom. The molecule has 0 heterocycles. The van der Waals surface area contributed by atoms with Gasteiger partial charge in [0.05, 0.1) is 12.7 Å². The molecule has 2 aromatic carbocycles. The minimum atomic E-state index is -3.79. The van der Waals surface area contributed by atoms with E-state index < -0.39 is 16.0 Å². The summed E-state index contributed by atoms with van der Waals surface area (Å²) in [6, 6.07) is 11.9. The zero-order chi connectivity index (χ0) is 22.1. The van der Waals surface area contributed by atoms with Crippen LogP contribution in [0.3, 0.4) is 0 Å². The smallest absolute Gasteiger partial charge is 0.338 e. The lowest BCUT2D eigenvalue weighted by Crippen LogP contribution is -2.31. The molecule has 0 N–H and O–H groups in total. The second-order valence-electron chi connectivity index (χ2n) is 6.44. The summed E-state index contributed by atoms with van der Waals surface area (Å²) in [4.78, 5) is 12.4. The fourth-order valence-electron chi connectivity index (χ4n) is 2.94. The number of aryl methyl sites for hydroxylation is 1. The molecule has 0 atom stereocenters. The Bertz CT molecular complexity index is 954. The van der Waals surface area contributed by atoms with E-state index in [1.165, 1.54) is 29.6 Å². The van der Waals surface area contributed by atoms with Crippen LogP contribution < -0.4 is 9.47 Å². The van der Waals surface area contributed by atoms with E-state index in [1.54, 1.807) is 13.8 Å². The van der Waals surface area contributed by atoms with Crippen LogP contribution in [-0.4, -0.2) is 52.1 Å². The van der Waals surface area contributed by atoms with E-state index in [2.05, 4.69) is 6.92 Å². The van der Waals surface area contributed by atoms with Gasteiger partial charge in [0.15, 0.2) is 0 Å². The van der Waals surface area contributed by atoms with Crippen molar-refractivity contribution in [3.8, 4) is 11.5 Å². The van der Waals surface area contributed by atoms with Crippen LogP contribution in [-0.2, 0) is 21.2 Å². The second-order valence-corrected chi connectivity index (χ2v) is 8.35. The third-order valence-corrected chi connectivity index (χ3v) is 6.69. The Morgan fingerprint density at radius 3 is 2.37 bits per heavy atom. The maximum atomic E-state index is 12.9. The van der Waals surface area contributed by atoms with Crippen molar-refractivity contribution in [3.05, 3.63) is 53.6 Å². The molecule has 0 saturated carbocycles. The lowest BCUT2D eigenvalue weighted by molar-refractivity contribution is 0.0450. The molecule has 0 aromatic heterocycles. The van der Waals surface area contributed by atoms with Crippen LogP contribution in [0.5, 0.6) is 11.5 Å². The molecule has 0 saturated heterocycles. The summed E-state index contributed by atoms with van der Waals surface area (Å²) >= 11 is 0. The summed E-state index contributed by atoms with van der Waals surface area (Å²) in [6.45, 7) is 6.42. The quantitative estimate of drug-likeness (QED) is 0.397. The maximum absolute atomic E-state index is 12.9. The number of nitrogens with zero attached hydrogens (tertiary/aromatic N) is 1. The van der Waals surface area contributed by atoms with Gasteiger partial charge in [-0.25, -0.2) is 13.2 Å². The highest BCUT2D eigenvalue weighted by Crippen LogP contribution is 2.28. The Kier molecular flexibility index (Phi) is 8.68. The van der Waals surface area contributed by atoms with Crippen molar-refractivity contribution in [3.63, 3.8) is 0 Å². The number of sulfonamides is 1. The van der Waals surface area contributed by atoms with Crippen molar-refractivity contribution in [1.82, 2.24) is 4.31 Å². The molecule has 0 amide bonds. The standard InChI is InChI=1S/C22H29NO6S/c1-5-17-9-8-10-19(15-17)28-13-14-29-22(24)18-11-12-20(27-4)21(16-18)30(25,26)23(6-2)7-3/h8-12,15-16H,5-7,13-14H2,1-4H3. The molecule has 0 fully saturated rings. The summed E-state index contributed by atoms with van der Waals surface area (Å²) in [5.74, 6) is 0.264. The largest absolute Gasteiger partial charge is 0.495 e. The van der Waals surface area contributed by atoms with Gasteiger partial charge in [0, 0.05) is 13.1 Å². The van der Waals surface area contributed by atoms with Crippen molar-refractivity contribution in [2.45, 2.75) is 32.1 Å². The van der Waals surface area contributed by atoms with Gasteiger partial charge in [-0.15, -0.1) is 0 Å². The van der Waals surface area contributed by atoms with E-state index in [0.717, 1.165) is 12.0 Å². The average Bonchev–Trinajstić information content (AvgIpc) is 2.76. The first-order chi connectivity index (χ1) is 14.4. The fraction of sp³-hybridized carbons (Fsp3) is 0.409. The summed E-state index contributed by atoms with van der Waals surface area (Å²) in [5, 5.41) is 0. The SMILES string of the molecule is CCc1cccc(OCCOC(=O)c2ccc(OC)c(S(=O)(=O)N(CC)CC)c2)c1. The second kappa shape index (κ2) is 11.0. The number of benzene rings is 2. The van der Waals surface area contributed by atoms with Gasteiger partial charge in [0.1, 0.15) is 29.6 Å². The van der Waals surface area contributed by atoms with Gasteiger partial charge >= 0.3 is 5.97 Å². The molecule has 0 unspecified atom stereocenters. The number of carbonyl (C=O) groups excluding carboxylic acids is 1. The van der Waals surface area contributed by atoms with Gasteiger partial charge in [-0.1, -0.05) is 32.9 Å². The first-order valence-corrected chi connectivity index (χ1v) is 11.4. The zero-order valence-corrected chi connectivity index (χ0v) is 18.7. The van der Waals surface area contributed by atoms with Crippen molar-refractivity contribution < 1.29 is 27.4 Å². The Labute approximate surface area is 178 Å². The van der Waals surface area contributed by atoms with E-state index >= 15 is 0 Å². The van der Waals surface area contributed by atoms with Gasteiger partial charge in [-0.05, 0) is 42.3 Å². The third-order valence-electron chi connectivity index (χ3n) is 4.61. The van der Waals surface area contributed by atoms with Crippen LogP contribution in [0.2, 0.25) is 0 Å². The van der Waals surface area contributed by atoms with Crippen molar-refractivity contribution in [1.29, 1.82) is 0 Å². The normalized spacial score (nSPS) is 11.4. The molecule has 2 rings (SSSR count). The highest BCUT2D eigenvalue weighted by molar-refractivity contribution is 7.89. The lowest BCUT2D eigenvalue weighted by atomic mass is 10.2. The Balaban J connectivity index is 2.07. The topological polar surface area (TPSA) is 82.1 Å². The summed E-state index contributed by atoms with van der Waals surface area (Å²) in [6.07, 6.45) is 0.905. The van der Waals surface area contributed by atoms with Crippen LogP contribution in [0.4, 0.5) is 0 Å². The number of ether oxygens (including phenoxy) is 3. The van der Waals surface area contributed by atoms with Crippen molar-refractivity contribution in [2.24, 2.45) is 0 Å². The molecule has 7 nitrogen and oxygen atoms in total. The minimum Gasteiger partial charge on any atom is -0.495 e. The molecule has 164 valence electrons.